The van der Waals surface area contributed by atoms with E-state index in [0.717, 1.165) is 0 Å². The van der Waals surface area contributed by atoms with Crippen LogP contribution < -0.4 is 5.32 Å². The van der Waals surface area contributed by atoms with Crippen molar-refractivity contribution in [1.29, 1.82) is 0 Å². The maximum atomic E-state index is 10.8. The SMILES string of the molecule is C=CNC(C)=O.CC1(C(=O)O)C=CC=C(C(=O)O)C1. The molecule has 0 heterocycles. The number of carboxylic acids is 2. The molecule has 6 heteroatoms. The number of rotatable bonds is 3. The number of carbonyl (C=O) groups excluding carboxylic acids is 1. The van der Waals surface area contributed by atoms with Crippen molar-refractivity contribution in [2.24, 2.45) is 5.41 Å². The molecule has 0 aromatic rings. The Hall–Kier alpha value is -2.37. The van der Waals surface area contributed by atoms with Crippen LogP contribution in [0.2, 0.25) is 0 Å². The summed E-state index contributed by atoms with van der Waals surface area (Å²) in [5.74, 6) is -2.14. The third kappa shape index (κ3) is 5.67. The Bertz CT molecular complexity index is 450. The maximum absolute atomic E-state index is 10.8. The molecular weight excluding hydrogens is 250 g/mol. The summed E-state index contributed by atoms with van der Waals surface area (Å²) in [6.07, 6.45) is 5.78. The van der Waals surface area contributed by atoms with Gasteiger partial charge in [0.1, 0.15) is 0 Å². The number of nitrogens with one attached hydrogen (secondary N) is 1. The van der Waals surface area contributed by atoms with Crippen LogP contribution in [0.4, 0.5) is 0 Å². The molecule has 6 nitrogen and oxygen atoms in total. The molecule has 0 saturated heterocycles. The number of hydrogen-bond donors (Lipinski definition) is 3. The van der Waals surface area contributed by atoms with Crippen LogP contribution in [-0.2, 0) is 14.4 Å². The molecule has 1 atom stereocenters. The smallest absolute Gasteiger partial charge is 0.331 e. The van der Waals surface area contributed by atoms with Crippen LogP contribution in [0.15, 0.2) is 36.6 Å². The Balaban J connectivity index is 0.000000459. The van der Waals surface area contributed by atoms with Gasteiger partial charge in [0, 0.05) is 12.5 Å². The zero-order valence-electron chi connectivity index (χ0n) is 10.8. The van der Waals surface area contributed by atoms with Crippen molar-refractivity contribution in [3.8, 4) is 0 Å². The Labute approximate surface area is 111 Å². The van der Waals surface area contributed by atoms with Crippen LogP contribution >= 0.6 is 0 Å². The van der Waals surface area contributed by atoms with Gasteiger partial charge in [0.25, 0.3) is 0 Å². The largest absolute Gasteiger partial charge is 0.481 e. The standard InChI is InChI=1S/C9H10O4.C4H7NO/c1-9(8(12)13)4-2-3-6(5-9)7(10)11;1-3-5-4(2)6/h2-4H,5H2,1H3,(H,10,11)(H,12,13);3H,1H2,2H3,(H,5,6). The fourth-order valence-corrected chi connectivity index (χ4v) is 1.33. The average molecular weight is 267 g/mol. The van der Waals surface area contributed by atoms with E-state index in [4.69, 9.17) is 10.2 Å². The zero-order valence-corrected chi connectivity index (χ0v) is 10.8. The number of carboxylic acid groups (broad SMARTS) is 2. The van der Waals surface area contributed by atoms with E-state index >= 15 is 0 Å². The summed E-state index contributed by atoms with van der Waals surface area (Å²) in [4.78, 5) is 31.2. The summed E-state index contributed by atoms with van der Waals surface area (Å²) in [5.41, 5.74) is -0.949. The molecule has 104 valence electrons. The van der Waals surface area contributed by atoms with Crippen molar-refractivity contribution in [1.82, 2.24) is 5.32 Å². The van der Waals surface area contributed by atoms with Gasteiger partial charge in [-0.05, 0) is 19.5 Å². The Morgan fingerprint density at radius 3 is 2.32 bits per heavy atom. The summed E-state index contributed by atoms with van der Waals surface area (Å²) in [6, 6.07) is 0. The first-order chi connectivity index (χ1) is 8.73. The highest BCUT2D eigenvalue weighted by Gasteiger charge is 2.34. The molecule has 19 heavy (non-hydrogen) atoms. The minimum atomic E-state index is -1.08. The van der Waals surface area contributed by atoms with Crippen molar-refractivity contribution in [2.75, 3.05) is 0 Å². The Morgan fingerprint density at radius 1 is 1.42 bits per heavy atom. The molecule has 0 spiro atoms. The van der Waals surface area contributed by atoms with Gasteiger partial charge in [-0.15, -0.1) is 0 Å². The molecule has 1 aliphatic rings. The third-order valence-corrected chi connectivity index (χ3v) is 2.39. The minimum absolute atomic E-state index is 0.0359. The molecule has 0 radical (unpaired) electrons. The molecule has 0 fully saturated rings. The first kappa shape index (κ1) is 16.6. The number of aliphatic carboxylic acids is 2. The highest BCUT2D eigenvalue weighted by molar-refractivity contribution is 5.90. The van der Waals surface area contributed by atoms with Gasteiger partial charge in [0.2, 0.25) is 5.91 Å². The monoisotopic (exact) mass is 267 g/mol. The van der Waals surface area contributed by atoms with Crippen molar-refractivity contribution in [3.05, 3.63) is 36.6 Å². The summed E-state index contributed by atoms with van der Waals surface area (Å²) in [5, 5.41) is 19.8. The summed E-state index contributed by atoms with van der Waals surface area (Å²) < 4.78 is 0. The molecule has 1 aliphatic carbocycles. The lowest BCUT2D eigenvalue weighted by Gasteiger charge is -2.23. The van der Waals surface area contributed by atoms with Gasteiger partial charge < -0.3 is 15.5 Å². The predicted molar refractivity (Wildman–Crippen MR) is 69.2 cm³/mol. The topological polar surface area (TPSA) is 104 Å². The van der Waals surface area contributed by atoms with Gasteiger partial charge >= 0.3 is 11.9 Å². The van der Waals surface area contributed by atoms with E-state index in [1.54, 1.807) is 0 Å². The summed E-state index contributed by atoms with van der Waals surface area (Å²) in [7, 11) is 0. The number of carbonyl (C=O) groups is 3. The number of amides is 1. The van der Waals surface area contributed by atoms with Crippen molar-refractivity contribution in [3.63, 3.8) is 0 Å². The van der Waals surface area contributed by atoms with Crippen molar-refractivity contribution in [2.45, 2.75) is 20.3 Å². The van der Waals surface area contributed by atoms with E-state index in [1.165, 1.54) is 38.3 Å². The number of allylic oxidation sites excluding steroid dienone is 2. The third-order valence-electron chi connectivity index (χ3n) is 2.39. The van der Waals surface area contributed by atoms with Crippen LogP contribution in [0.25, 0.3) is 0 Å². The van der Waals surface area contributed by atoms with E-state index in [1.807, 2.05) is 0 Å². The highest BCUT2D eigenvalue weighted by atomic mass is 16.4. The van der Waals surface area contributed by atoms with Crippen molar-refractivity contribution < 1.29 is 24.6 Å². The zero-order chi connectivity index (χ0) is 15.1. The average Bonchev–Trinajstić information content (AvgIpc) is 2.29. The van der Waals surface area contributed by atoms with E-state index < -0.39 is 17.4 Å². The second kappa shape index (κ2) is 7.15. The molecule has 0 bridgehead atoms. The highest BCUT2D eigenvalue weighted by Crippen LogP contribution is 2.31. The van der Waals surface area contributed by atoms with Gasteiger partial charge in [-0.3, -0.25) is 9.59 Å². The van der Waals surface area contributed by atoms with Crippen LogP contribution in [0.1, 0.15) is 20.3 Å². The Kier molecular flexibility index (Phi) is 6.26. The van der Waals surface area contributed by atoms with Crippen LogP contribution in [0, 0.1) is 5.41 Å². The molecular formula is C13H17NO5. The fraction of sp³-hybridized carbons (Fsp3) is 0.308. The lowest BCUT2D eigenvalue weighted by atomic mass is 9.80. The maximum Gasteiger partial charge on any atom is 0.331 e. The summed E-state index contributed by atoms with van der Waals surface area (Å²) >= 11 is 0. The summed E-state index contributed by atoms with van der Waals surface area (Å²) in [6.45, 7) is 6.20. The quantitative estimate of drug-likeness (QED) is 0.715. The molecule has 0 aliphatic heterocycles. The fourth-order valence-electron chi connectivity index (χ4n) is 1.33. The molecule has 0 aromatic heterocycles. The predicted octanol–water partition coefficient (Wildman–Crippen LogP) is 1.31. The molecule has 0 saturated carbocycles. The lowest BCUT2D eigenvalue weighted by molar-refractivity contribution is -0.145. The van der Waals surface area contributed by atoms with E-state index in [-0.39, 0.29) is 17.9 Å². The van der Waals surface area contributed by atoms with Gasteiger partial charge in [-0.1, -0.05) is 24.8 Å². The van der Waals surface area contributed by atoms with E-state index in [2.05, 4.69) is 11.9 Å². The van der Waals surface area contributed by atoms with Crippen LogP contribution in [0.5, 0.6) is 0 Å². The molecule has 0 aromatic carbocycles. The lowest BCUT2D eigenvalue weighted by Crippen LogP contribution is -2.28. The van der Waals surface area contributed by atoms with Gasteiger partial charge in [0.05, 0.1) is 5.41 Å². The first-order valence-electron chi connectivity index (χ1n) is 5.46. The molecule has 1 amide bonds. The van der Waals surface area contributed by atoms with E-state index in [9.17, 15) is 14.4 Å². The number of hydrogen-bond acceptors (Lipinski definition) is 3. The van der Waals surface area contributed by atoms with Gasteiger partial charge in [0.15, 0.2) is 0 Å². The second-order valence-electron chi connectivity index (χ2n) is 4.16. The molecule has 1 rings (SSSR count). The van der Waals surface area contributed by atoms with Gasteiger partial charge in [-0.25, -0.2) is 4.79 Å². The second-order valence-corrected chi connectivity index (χ2v) is 4.16. The van der Waals surface area contributed by atoms with E-state index in [0.29, 0.717) is 0 Å². The molecule has 3 N–H and O–H groups in total. The van der Waals surface area contributed by atoms with Crippen molar-refractivity contribution >= 4 is 17.8 Å². The first-order valence-corrected chi connectivity index (χ1v) is 5.46. The van der Waals surface area contributed by atoms with Crippen LogP contribution in [0.3, 0.4) is 0 Å². The normalized spacial score (nSPS) is 20.4. The molecule has 1 unspecified atom stereocenters. The van der Waals surface area contributed by atoms with Gasteiger partial charge in [-0.2, -0.15) is 0 Å². The minimum Gasteiger partial charge on any atom is -0.481 e. The Morgan fingerprint density at radius 2 is 2.00 bits per heavy atom. The van der Waals surface area contributed by atoms with Crippen LogP contribution in [-0.4, -0.2) is 28.1 Å².